The average molecular weight is 387 g/mol. The van der Waals surface area contributed by atoms with Gasteiger partial charge < -0.3 is 14.4 Å². The maximum atomic E-state index is 13.4. The van der Waals surface area contributed by atoms with E-state index in [2.05, 4.69) is 18.8 Å². The number of hydrogen-bond donors (Lipinski definition) is 0. The third-order valence-corrected chi connectivity index (χ3v) is 6.22. The van der Waals surface area contributed by atoms with Gasteiger partial charge in [0.1, 0.15) is 11.2 Å². The molecular weight excluding hydrogens is 358 g/mol. The van der Waals surface area contributed by atoms with Crippen molar-refractivity contribution in [3.63, 3.8) is 0 Å². The summed E-state index contributed by atoms with van der Waals surface area (Å²) >= 11 is 0. The second-order valence-corrected chi connectivity index (χ2v) is 8.86. The number of nitrogens with zero attached hydrogens (tertiary/aromatic N) is 5. The quantitative estimate of drug-likeness (QED) is 0.721. The second kappa shape index (κ2) is 6.90. The van der Waals surface area contributed by atoms with Crippen LogP contribution in [-0.4, -0.2) is 73.8 Å². The molecule has 0 N–H and O–H groups in total. The predicted octanol–water partition coefficient (Wildman–Crippen LogP) is 1.73. The van der Waals surface area contributed by atoms with Gasteiger partial charge in [0.2, 0.25) is 0 Å². The summed E-state index contributed by atoms with van der Waals surface area (Å²) in [6, 6.07) is -0.142. The minimum atomic E-state index is -0.792. The lowest BCUT2D eigenvalue weighted by Crippen LogP contribution is -2.58. The van der Waals surface area contributed by atoms with E-state index in [4.69, 9.17) is 0 Å². The summed E-state index contributed by atoms with van der Waals surface area (Å²) < 4.78 is 1.71. The fourth-order valence-electron chi connectivity index (χ4n) is 4.41. The minimum absolute atomic E-state index is 0.0577. The van der Waals surface area contributed by atoms with Crippen LogP contribution in [0.25, 0.3) is 0 Å². The lowest BCUT2D eigenvalue weighted by molar-refractivity contribution is -0.135. The normalized spacial score (nSPS) is 22.1. The smallest absolute Gasteiger partial charge is 0.327 e. The molecule has 4 amide bonds. The van der Waals surface area contributed by atoms with Crippen molar-refractivity contribution in [2.45, 2.75) is 45.1 Å². The zero-order valence-electron chi connectivity index (χ0n) is 16.9. The SMILES string of the molecule is CC(C)CN1C(=O)N(CC2CC2)C(=O)C12CCN(C(=O)c1cncn1C)CC2. The lowest BCUT2D eigenvalue weighted by atomic mass is 9.85. The molecule has 0 atom stereocenters. The van der Waals surface area contributed by atoms with E-state index in [0.29, 0.717) is 50.6 Å². The van der Waals surface area contributed by atoms with Gasteiger partial charge in [-0.3, -0.25) is 14.5 Å². The van der Waals surface area contributed by atoms with Crippen molar-refractivity contribution in [2.75, 3.05) is 26.2 Å². The first kappa shape index (κ1) is 19.0. The number of hydrogen-bond acceptors (Lipinski definition) is 4. The Morgan fingerprint density at radius 3 is 2.46 bits per heavy atom. The first-order valence-corrected chi connectivity index (χ1v) is 10.2. The molecule has 1 aromatic rings. The van der Waals surface area contributed by atoms with E-state index in [0.717, 1.165) is 12.8 Å². The zero-order chi connectivity index (χ0) is 20.1. The van der Waals surface area contributed by atoms with Crippen LogP contribution in [0, 0.1) is 11.8 Å². The molecule has 1 spiro atoms. The van der Waals surface area contributed by atoms with E-state index < -0.39 is 5.54 Å². The molecule has 1 aliphatic carbocycles. The van der Waals surface area contributed by atoms with Gasteiger partial charge in [-0.15, -0.1) is 0 Å². The highest BCUT2D eigenvalue weighted by Crippen LogP contribution is 2.40. The van der Waals surface area contributed by atoms with Gasteiger partial charge in [-0.05, 0) is 37.5 Å². The number of aromatic nitrogens is 2. The maximum Gasteiger partial charge on any atom is 0.327 e. The third-order valence-electron chi connectivity index (χ3n) is 6.22. The van der Waals surface area contributed by atoms with Gasteiger partial charge in [-0.1, -0.05) is 13.8 Å². The molecule has 3 aliphatic rings. The van der Waals surface area contributed by atoms with Gasteiger partial charge in [0.15, 0.2) is 0 Å². The highest BCUT2D eigenvalue weighted by Gasteiger charge is 2.58. The van der Waals surface area contributed by atoms with Gasteiger partial charge in [0.25, 0.3) is 11.8 Å². The molecular formula is C20H29N5O3. The molecule has 0 aromatic carbocycles. The fraction of sp³-hybridized carbons (Fsp3) is 0.700. The molecule has 8 nitrogen and oxygen atoms in total. The largest absolute Gasteiger partial charge is 0.337 e. The Morgan fingerprint density at radius 2 is 1.93 bits per heavy atom. The Labute approximate surface area is 165 Å². The molecule has 8 heteroatoms. The second-order valence-electron chi connectivity index (χ2n) is 8.86. The Balaban J connectivity index is 1.53. The van der Waals surface area contributed by atoms with Gasteiger partial charge >= 0.3 is 6.03 Å². The molecule has 1 saturated carbocycles. The molecule has 0 unspecified atom stereocenters. The molecule has 4 rings (SSSR count). The number of urea groups is 1. The monoisotopic (exact) mass is 387 g/mol. The fourth-order valence-corrected chi connectivity index (χ4v) is 4.41. The van der Waals surface area contributed by atoms with Crippen LogP contribution in [0.5, 0.6) is 0 Å². The minimum Gasteiger partial charge on any atom is -0.337 e. The van der Waals surface area contributed by atoms with E-state index in [-0.39, 0.29) is 23.8 Å². The van der Waals surface area contributed by atoms with Crippen LogP contribution in [0.3, 0.4) is 0 Å². The Morgan fingerprint density at radius 1 is 1.25 bits per heavy atom. The predicted molar refractivity (Wildman–Crippen MR) is 102 cm³/mol. The number of carbonyl (C=O) groups is 3. The molecule has 28 heavy (non-hydrogen) atoms. The highest BCUT2D eigenvalue weighted by atomic mass is 16.2. The number of amides is 4. The molecule has 3 fully saturated rings. The van der Waals surface area contributed by atoms with Crippen LogP contribution >= 0.6 is 0 Å². The molecule has 2 aliphatic heterocycles. The van der Waals surface area contributed by atoms with Crippen LogP contribution in [-0.2, 0) is 11.8 Å². The van der Waals surface area contributed by atoms with Crippen LogP contribution in [0.4, 0.5) is 4.79 Å². The van der Waals surface area contributed by atoms with Crippen molar-refractivity contribution in [1.82, 2.24) is 24.3 Å². The first-order valence-electron chi connectivity index (χ1n) is 10.2. The highest BCUT2D eigenvalue weighted by molar-refractivity contribution is 6.07. The van der Waals surface area contributed by atoms with Crippen molar-refractivity contribution >= 4 is 17.8 Å². The number of likely N-dealkylation sites (tertiary alicyclic amines) is 1. The molecule has 0 radical (unpaired) electrons. The molecule has 2 saturated heterocycles. The standard InChI is InChI=1S/C20H29N5O3/c1-14(2)11-25-19(28)24(12-15-4-5-15)18(27)20(25)6-8-23(9-7-20)17(26)16-10-21-13-22(16)3/h10,13-15H,4-9,11-12H2,1-3H3. The summed E-state index contributed by atoms with van der Waals surface area (Å²) in [5, 5.41) is 0. The number of imide groups is 1. The molecule has 0 bridgehead atoms. The van der Waals surface area contributed by atoms with E-state index in [9.17, 15) is 14.4 Å². The van der Waals surface area contributed by atoms with Crippen molar-refractivity contribution in [2.24, 2.45) is 18.9 Å². The van der Waals surface area contributed by atoms with E-state index in [1.54, 1.807) is 33.9 Å². The van der Waals surface area contributed by atoms with Crippen molar-refractivity contribution < 1.29 is 14.4 Å². The van der Waals surface area contributed by atoms with E-state index in [1.165, 1.54) is 4.90 Å². The topological polar surface area (TPSA) is 78.8 Å². The first-order chi connectivity index (χ1) is 13.3. The molecule has 1 aromatic heterocycles. The molecule has 3 heterocycles. The van der Waals surface area contributed by atoms with Crippen molar-refractivity contribution in [3.05, 3.63) is 18.2 Å². The Bertz CT molecular complexity index is 790. The van der Waals surface area contributed by atoms with Gasteiger partial charge in [0.05, 0.1) is 12.5 Å². The average Bonchev–Trinajstić information content (AvgIpc) is 3.37. The number of rotatable bonds is 5. The Kier molecular flexibility index (Phi) is 4.67. The Hall–Kier alpha value is -2.38. The number of piperidine rings is 1. The maximum absolute atomic E-state index is 13.4. The summed E-state index contributed by atoms with van der Waals surface area (Å²) in [6.07, 6.45) is 6.36. The zero-order valence-corrected chi connectivity index (χ0v) is 16.9. The summed E-state index contributed by atoms with van der Waals surface area (Å²) in [4.78, 5) is 48.3. The summed E-state index contributed by atoms with van der Waals surface area (Å²) in [5.74, 6) is 0.619. The summed E-state index contributed by atoms with van der Waals surface area (Å²) in [5.41, 5.74) is -0.251. The van der Waals surface area contributed by atoms with Crippen molar-refractivity contribution in [1.29, 1.82) is 0 Å². The van der Waals surface area contributed by atoms with E-state index >= 15 is 0 Å². The van der Waals surface area contributed by atoms with Gasteiger partial charge in [-0.2, -0.15) is 0 Å². The van der Waals surface area contributed by atoms with Crippen LogP contribution in [0.15, 0.2) is 12.5 Å². The van der Waals surface area contributed by atoms with Crippen LogP contribution in [0.2, 0.25) is 0 Å². The van der Waals surface area contributed by atoms with E-state index in [1.807, 2.05) is 0 Å². The molecule has 152 valence electrons. The number of imidazole rings is 1. The third kappa shape index (κ3) is 3.08. The van der Waals surface area contributed by atoms with Crippen LogP contribution < -0.4 is 0 Å². The lowest BCUT2D eigenvalue weighted by Gasteiger charge is -2.42. The van der Waals surface area contributed by atoms with Gasteiger partial charge in [-0.25, -0.2) is 9.78 Å². The number of aryl methyl sites for hydroxylation is 1. The van der Waals surface area contributed by atoms with Crippen LogP contribution in [0.1, 0.15) is 50.0 Å². The van der Waals surface area contributed by atoms with Crippen molar-refractivity contribution in [3.8, 4) is 0 Å². The summed E-state index contributed by atoms with van der Waals surface area (Å²) in [6.45, 7) is 6.18. The number of carbonyl (C=O) groups excluding carboxylic acids is 3. The summed E-state index contributed by atoms with van der Waals surface area (Å²) in [7, 11) is 1.80. The van der Waals surface area contributed by atoms with Gasteiger partial charge in [0, 0.05) is 33.2 Å².